The SMILES string of the molecule is Cc1ccccc1[C@H]1n2c(=O)c3ccccc3c(=O)n2[C@H](c2ccccc2C)P1c1ccccc1. The highest BCUT2D eigenvalue weighted by Gasteiger charge is 2.45. The highest BCUT2D eigenvalue weighted by Crippen LogP contribution is 2.65. The first-order valence-electron chi connectivity index (χ1n) is 11.8. The Kier molecular flexibility index (Phi) is 5.27. The third-order valence-electron chi connectivity index (χ3n) is 7.01. The molecule has 2 heterocycles. The van der Waals surface area contributed by atoms with Crippen molar-refractivity contribution in [3.8, 4) is 0 Å². The molecule has 0 saturated carbocycles. The lowest BCUT2D eigenvalue weighted by Crippen LogP contribution is -2.37. The van der Waals surface area contributed by atoms with Crippen molar-refractivity contribution < 1.29 is 0 Å². The summed E-state index contributed by atoms with van der Waals surface area (Å²) < 4.78 is 3.53. The highest BCUT2D eigenvalue weighted by atomic mass is 31.1. The van der Waals surface area contributed by atoms with Crippen molar-refractivity contribution in [1.29, 1.82) is 0 Å². The lowest BCUT2D eigenvalue weighted by molar-refractivity contribution is 0.492. The molecule has 35 heavy (non-hydrogen) atoms. The van der Waals surface area contributed by atoms with E-state index >= 15 is 0 Å². The van der Waals surface area contributed by atoms with Crippen molar-refractivity contribution in [2.75, 3.05) is 0 Å². The summed E-state index contributed by atoms with van der Waals surface area (Å²) in [5.74, 6) is -0.522. The Labute approximate surface area is 204 Å². The molecule has 0 bridgehead atoms. The maximum absolute atomic E-state index is 14.1. The fraction of sp³-hybridized carbons (Fsp3) is 0.133. The molecule has 0 aliphatic carbocycles. The van der Waals surface area contributed by atoms with E-state index in [-0.39, 0.29) is 22.7 Å². The molecule has 2 atom stereocenters. The Balaban J connectivity index is 1.80. The molecule has 6 rings (SSSR count). The zero-order valence-corrected chi connectivity index (χ0v) is 20.5. The molecule has 1 aliphatic heterocycles. The smallest absolute Gasteiger partial charge is 0.267 e. The van der Waals surface area contributed by atoms with Crippen LogP contribution in [-0.4, -0.2) is 9.36 Å². The first kappa shape index (κ1) is 21.8. The molecule has 0 unspecified atom stereocenters. The van der Waals surface area contributed by atoms with Gasteiger partial charge in [-0.3, -0.25) is 9.59 Å². The Hall–Kier alpha value is -3.75. The van der Waals surface area contributed by atoms with Gasteiger partial charge in [0.1, 0.15) is 11.6 Å². The monoisotopic (exact) mass is 476 g/mol. The van der Waals surface area contributed by atoms with Crippen LogP contribution in [0.5, 0.6) is 0 Å². The van der Waals surface area contributed by atoms with Gasteiger partial charge in [0, 0.05) is 0 Å². The van der Waals surface area contributed by atoms with Gasteiger partial charge in [-0.15, -0.1) is 0 Å². The minimum Gasteiger partial charge on any atom is -0.267 e. The standard InChI is InChI=1S/C30H25N2O2P/c1-20-12-6-8-16-23(20)29-31-27(33)25-18-10-11-19-26(25)28(34)32(31)30(24-17-9-7-13-21(24)2)35(29)22-14-4-3-5-15-22/h3-19,29-30H,1-2H3/t29-,30-/m0/s1. The van der Waals surface area contributed by atoms with Gasteiger partial charge in [-0.2, -0.15) is 0 Å². The summed E-state index contributed by atoms with van der Waals surface area (Å²) in [6.07, 6.45) is 0. The number of nitrogens with zero attached hydrogens (tertiary/aromatic N) is 2. The van der Waals surface area contributed by atoms with Crippen LogP contribution in [-0.2, 0) is 0 Å². The fourth-order valence-electron chi connectivity index (χ4n) is 5.32. The van der Waals surface area contributed by atoms with Crippen LogP contribution in [0.15, 0.2) is 113 Å². The van der Waals surface area contributed by atoms with Gasteiger partial charge in [0.15, 0.2) is 0 Å². The van der Waals surface area contributed by atoms with Gasteiger partial charge in [-0.1, -0.05) is 91.0 Å². The molecule has 172 valence electrons. The summed E-state index contributed by atoms with van der Waals surface area (Å²) in [6, 6.07) is 34.1. The third kappa shape index (κ3) is 3.32. The van der Waals surface area contributed by atoms with E-state index in [0.717, 1.165) is 22.3 Å². The van der Waals surface area contributed by atoms with Gasteiger partial charge in [0.25, 0.3) is 11.1 Å². The van der Waals surface area contributed by atoms with Crippen molar-refractivity contribution >= 4 is 24.0 Å². The molecule has 0 N–H and O–H groups in total. The van der Waals surface area contributed by atoms with Crippen molar-refractivity contribution in [2.24, 2.45) is 0 Å². The molecule has 0 spiro atoms. The van der Waals surface area contributed by atoms with Gasteiger partial charge in [-0.05, 0) is 61.5 Å². The number of fused-ring (bicyclic) bond motifs is 2. The molecule has 0 fully saturated rings. The molecule has 5 heteroatoms. The summed E-state index contributed by atoms with van der Waals surface area (Å²) in [7, 11) is -1.05. The van der Waals surface area contributed by atoms with Crippen LogP contribution >= 0.6 is 7.92 Å². The average molecular weight is 477 g/mol. The Bertz CT molecular complexity index is 1580. The maximum Gasteiger partial charge on any atom is 0.274 e. The summed E-state index contributed by atoms with van der Waals surface area (Å²) in [5, 5.41) is 2.12. The van der Waals surface area contributed by atoms with Crippen LogP contribution in [0, 0.1) is 13.8 Å². The van der Waals surface area contributed by atoms with Gasteiger partial charge in [0.2, 0.25) is 0 Å². The number of aromatic nitrogens is 2. The fourth-order valence-corrected chi connectivity index (χ4v) is 8.76. The van der Waals surface area contributed by atoms with Crippen molar-refractivity contribution in [2.45, 2.75) is 25.4 Å². The van der Waals surface area contributed by atoms with Crippen LogP contribution < -0.4 is 16.4 Å². The minimum atomic E-state index is -1.05. The van der Waals surface area contributed by atoms with Crippen LogP contribution in [0.1, 0.15) is 33.8 Å². The normalized spacial score (nSPS) is 17.5. The molecule has 4 aromatic carbocycles. The van der Waals surface area contributed by atoms with Gasteiger partial charge in [0.05, 0.1) is 10.8 Å². The minimum absolute atomic E-state index is 0.118. The van der Waals surface area contributed by atoms with E-state index in [1.165, 1.54) is 5.30 Å². The predicted molar refractivity (Wildman–Crippen MR) is 144 cm³/mol. The largest absolute Gasteiger partial charge is 0.274 e. The molecule has 4 nitrogen and oxygen atoms in total. The van der Waals surface area contributed by atoms with E-state index in [9.17, 15) is 9.59 Å². The molecular weight excluding hydrogens is 451 g/mol. The first-order chi connectivity index (χ1) is 17.1. The second-order valence-electron chi connectivity index (χ2n) is 9.05. The summed E-state index contributed by atoms with van der Waals surface area (Å²) >= 11 is 0. The molecule has 0 radical (unpaired) electrons. The van der Waals surface area contributed by atoms with Gasteiger partial charge in [-0.25, -0.2) is 9.36 Å². The number of hydrogen-bond acceptors (Lipinski definition) is 2. The van der Waals surface area contributed by atoms with E-state index in [2.05, 4.69) is 50.2 Å². The topological polar surface area (TPSA) is 44.0 Å². The van der Waals surface area contributed by atoms with Gasteiger partial charge >= 0.3 is 0 Å². The summed E-state index contributed by atoms with van der Waals surface area (Å²) in [4.78, 5) is 28.2. The molecular formula is C30H25N2O2P. The zero-order chi connectivity index (χ0) is 24.1. The van der Waals surface area contributed by atoms with Crippen molar-refractivity contribution in [1.82, 2.24) is 9.36 Å². The van der Waals surface area contributed by atoms with Crippen molar-refractivity contribution in [3.63, 3.8) is 0 Å². The Morgan fingerprint density at radius 1 is 0.543 bits per heavy atom. The Morgan fingerprint density at radius 2 is 0.943 bits per heavy atom. The summed E-state index contributed by atoms with van der Waals surface area (Å²) in [6.45, 7) is 4.17. The van der Waals surface area contributed by atoms with Crippen LogP contribution in [0.2, 0.25) is 0 Å². The quantitative estimate of drug-likeness (QED) is 0.314. The second kappa shape index (κ2) is 8.48. The number of rotatable bonds is 3. The predicted octanol–water partition coefficient (Wildman–Crippen LogP) is 5.69. The number of hydrogen-bond donors (Lipinski definition) is 0. The van der Waals surface area contributed by atoms with E-state index in [1.807, 2.05) is 54.6 Å². The molecule has 1 aromatic heterocycles. The van der Waals surface area contributed by atoms with Crippen LogP contribution in [0.4, 0.5) is 0 Å². The zero-order valence-electron chi connectivity index (χ0n) is 19.6. The summed E-state index contributed by atoms with van der Waals surface area (Å²) in [5.41, 5.74) is 4.17. The first-order valence-corrected chi connectivity index (χ1v) is 13.3. The average Bonchev–Trinajstić information content (AvgIpc) is 3.24. The van der Waals surface area contributed by atoms with E-state index < -0.39 is 7.92 Å². The van der Waals surface area contributed by atoms with E-state index in [0.29, 0.717) is 10.8 Å². The lowest BCUT2D eigenvalue weighted by Gasteiger charge is -2.27. The van der Waals surface area contributed by atoms with Crippen molar-refractivity contribution in [3.05, 3.63) is 146 Å². The molecule has 1 aliphatic rings. The lowest BCUT2D eigenvalue weighted by atomic mass is 10.1. The third-order valence-corrected chi connectivity index (χ3v) is 9.96. The second-order valence-corrected chi connectivity index (χ2v) is 11.4. The van der Waals surface area contributed by atoms with E-state index in [1.54, 1.807) is 21.5 Å². The van der Waals surface area contributed by atoms with Crippen LogP contribution in [0.25, 0.3) is 10.8 Å². The van der Waals surface area contributed by atoms with Gasteiger partial charge < -0.3 is 0 Å². The molecule has 0 amide bonds. The van der Waals surface area contributed by atoms with Crippen LogP contribution in [0.3, 0.4) is 0 Å². The number of aryl methyl sites for hydroxylation is 2. The Morgan fingerprint density at radius 3 is 1.40 bits per heavy atom. The highest BCUT2D eigenvalue weighted by molar-refractivity contribution is 7.66. The molecule has 0 saturated heterocycles. The maximum atomic E-state index is 14.1. The molecule has 5 aromatic rings. The van der Waals surface area contributed by atoms with E-state index in [4.69, 9.17) is 0 Å². The number of benzene rings is 4.